The molecular formula is C22H27NO4S. The molecule has 0 amide bonds. The van der Waals surface area contributed by atoms with Crippen LogP contribution in [0.25, 0.3) is 6.08 Å². The number of rotatable bonds is 8. The zero-order chi connectivity index (χ0) is 20.1. The van der Waals surface area contributed by atoms with Gasteiger partial charge in [-0.2, -0.15) is 0 Å². The molecule has 1 atom stereocenters. The predicted octanol–water partition coefficient (Wildman–Crippen LogP) is 4.33. The molecular weight excluding hydrogens is 374 g/mol. The molecule has 1 unspecified atom stereocenters. The van der Waals surface area contributed by atoms with E-state index in [9.17, 15) is 0 Å². The summed E-state index contributed by atoms with van der Waals surface area (Å²) in [6, 6.07) is 6.02. The van der Waals surface area contributed by atoms with Crippen LogP contribution in [-0.4, -0.2) is 46.9 Å². The molecule has 0 bridgehead atoms. The molecule has 0 saturated carbocycles. The van der Waals surface area contributed by atoms with Crippen LogP contribution in [0.2, 0.25) is 0 Å². The number of nitrogens with zero attached hydrogens (tertiary/aromatic N) is 1. The fourth-order valence-electron chi connectivity index (χ4n) is 3.44. The van der Waals surface area contributed by atoms with Crippen LogP contribution in [0, 0.1) is 0 Å². The molecule has 28 heavy (non-hydrogen) atoms. The Labute approximate surface area is 170 Å². The van der Waals surface area contributed by atoms with E-state index >= 15 is 0 Å². The van der Waals surface area contributed by atoms with E-state index in [1.165, 1.54) is 10.4 Å². The molecule has 3 rings (SSSR count). The molecule has 1 aromatic heterocycles. The first-order valence-corrected chi connectivity index (χ1v) is 9.91. The smallest absolute Gasteiger partial charge is 0.203 e. The van der Waals surface area contributed by atoms with Crippen LogP contribution in [0.1, 0.15) is 16.0 Å². The number of hydrogen-bond acceptors (Lipinski definition) is 6. The Morgan fingerprint density at radius 3 is 2.32 bits per heavy atom. The van der Waals surface area contributed by atoms with Crippen molar-refractivity contribution in [2.24, 2.45) is 0 Å². The van der Waals surface area contributed by atoms with Gasteiger partial charge in [-0.3, -0.25) is 4.90 Å². The van der Waals surface area contributed by atoms with Crippen LogP contribution < -0.4 is 14.2 Å². The maximum absolute atomic E-state index is 6.21. The fraction of sp³-hybridized carbons (Fsp3) is 0.364. The van der Waals surface area contributed by atoms with Gasteiger partial charge in [-0.15, -0.1) is 11.3 Å². The molecule has 1 aliphatic carbocycles. The number of allylic oxidation sites excluding steroid dienone is 2. The predicted molar refractivity (Wildman–Crippen MR) is 114 cm³/mol. The molecule has 6 heteroatoms. The maximum Gasteiger partial charge on any atom is 0.203 e. The summed E-state index contributed by atoms with van der Waals surface area (Å²) < 4.78 is 22.5. The standard InChI is InChI=1S/C22H27NO4S/c1-23(2)22(10-7-6-8-20-17(22)9-11-28-20)15-27-14-16-12-18(24-3)21(26-5)19(13-16)25-4/h6-13H,14-15H2,1-5H3. The number of hydrogen-bond donors (Lipinski definition) is 0. The van der Waals surface area contributed by atoms with E-state index in [2.05, 4.69) is 54.7 Å². The van der Waals surface area contributed by atoms with Crippen molar-refractivity contribution < 1.29 is 18.9 Å². The van der Waals surface area contributed by atoms with Crippen molar-refractivity contribution in [2.75, 3.05) is 42.0 Å². The third-order valence-electron chi connectivity index (χ3n) is 5.01. The molecule has 2 aromatic rings. The minimum Gasteiger partial charge on any atom is -0.493 e. The lowest BCUT2D eigenvalue weighted by Gasteiger charge is -2.37. The Morgan fingerprint density at radius 1 is 1.00 bits per heavy atom. The highest BCUT2D eigenvalue weighted by atomic mass is 32.1. The summed E-state index contributed by atoms with van der Waals surface area (Å²) in [5.41, 5.74) is 1.90. The van der Waals surface area contributed by atoms with Crippen LogP contribution in [0.5, 0.6) is 17.2 Å². The molecule has 0 fully saturated rings. The molecule has 0 radical (unpaired) electrons. The van der Waals surface area contributed by atoms with Crippen LogP contribution in [0.4, 0.5) is 0 Å². The van der Waals surface area contributed by atoms with Crippen LogP contribution >= 0.6 is 11.3 Å². The Morgan fingerprint density at radius 2 is 1.71 bits per heavy atom. The molecule has 0 aliphatic heterocycles. The van der Waals surface area contributed by atoms with Gasteiger partial charge in [0.05, 0.1) is 40.1 Å². The van der Waals surface area contributed by atoms with Crippen molar-refractivity contribution in [3.63, 3.8) is 0 Å². The maximum atomic E-state index is 6.21. The van der Waals surface area contributed by atoms with Crippen molar-refractivity contribution in [1.82, 2.24) is 4.90 Å². The second-order valence-corrected chi connectivity index (χ2v) is 7.71. The van der Waals surface area contributed by atoms with Crippen molar-refractivity contribution in [1.29, 1.82) is 0 Å². The van der Waals surface area contributed by atoms with Crippen LogP contribution in [0.3, 0.4) is 0 Å². The molecule has 0 spiro atoms. The Hall–Kier alpha value is -2.28. The van der Waals surface area contributed by atoms with Gasteiger partial charge in [0.2, 0.25) is 5.75 Å². The summed E-state index contributed by atoms with van der Waals surface area (Å²) in [7, 11) is 9.00. The highest BCUT2D eigenvalue weighted by Gasteiger charge is 2.35. The minimum absolute atomic E-state index is 0.320. The van der Waals surface area contributed by atoms with Crippen LogP contribution in [-0.2, 0) is 16.9 Å². The largest absolute Gasteiger partial charge is 0.493 e. The Kier molecular flexibility index (Phi) is 6.44. The van der Waals surface area contributed by atoms with E-state index in [-0.39, 0.29) is 5.54 Å². The van der Waals surface area contributed by atoms with Crippen molar-refractivity contribution in [3.05, 3.63) is 57.8 Å². The number of ether oxygens (including phenoxy) is 4. The monoisotopic (exact) mass is 401 g/mol. The molecule has 0 saturated heterocycles. The summed E-state index contributed by atoms with van der Waals surface area (Å²) in [6.07, 6.45) is 8.54. The van der Waals surface area contributed by atoms with Gasteiger partial charge in [0.25, 0.3) is 0 Å². The van der Waals surface area contributed by atoms with Crippen LogP contribution in [0.15, 0.2) is 41.8 Å². The number of benzene rings is 1. The van der Waals surface area contributed by atoms with Gasteiger partial charge in [-0.1, -0.05) is 18.2 Å². The van der Waals surface area contributed by atoms with Gasteiger partial charge in [0, 0.05) is 4.88 Å². The molecule has 1 aromatic carbocycles. The zero-order valence-corrected chi connectivity index (χ0v) is 17.8. The van der Waals surface area contributed by atoms with Gasteiger partial charge in [0.1, 0.15) is 0 Å². The summed E-state index contributed by atoms with van der Waals surface area (Å²) in [6.45, 7) is 0.964. The summed E-state index contributed by atoms with van der Waals surface area (Å²) >= 11 is 1.75. The Balaban J connectivity index is 1.82. The number of methoxy groups -OCH3 is 3. The molecule has 0 N–H and O–H groups in total. The van der Waals surface area contributed by atoms with Crippen molar-refractivity contribution in [3.8, 4) is 17.2 Å². The zero-order valence-electron chi connectivity index (χ0n) is 17.0. The summed E-state index contributed by atoms with van der Waals surface area (Å²) in [5.74, 6) is 1.84. The topological polar surface area (TPSA) is 40.2 Å². The van der Waals surface area contributed by atoms with E-state index in [1.807, 2.05) is 12.1 Å². The normalized spacial score (nSPS) is 18.1. The SMILES string of the molecule is COc1cc(COCC2(N(C)C)C=CC=Cc3sccc32)cc(OC)c1OC. The average Bonchev–Trinajstić information content (AvgIpc) is 3.10. The van der Waals surface area contributed by atoms with Gasteiger partial charge in [-0.05, 0) is 54.9 Å². The first-order chi connectivity index (χ1) is 13.6. The van der Waals surface area contributed by atoms with Gasteiger partial charge >= 0.3 is 0 Å². The Bertz CT molecular complexity index is 846. The molecule has 5 nitrogen and oxygen atoms in total. The fourth-order valence-corrected chi connectivity index (χ4v) is 4.32. The lowest BCUT2D eigenvalue weighted by molar-refractivity contribution is 0.0312. The minimum atomic E-state index is -0.320. The lowest BCUT2D eigenvalue weighted by Crippen LogP contribution is -2.43. The quantitative estimate of drug-likeness (QED) is 0.658. The number of likely N-dealkylation sites (N-methyl/N-ethyl adjacent to an activating group) is 1. The van der Waals surface area contributed by atoms with E-state index in [0.717, 1.165) is 5.56 Å². The first-order valence-electron chi connectivity index (χ1n) is 9.03. The third kappa shape index (κ3) is 3.81. The lowest BCUT2D eigenvalue weighted by atomic mass is 9.90. The van der Waals surface area contributed by atoms with Gasteiger partial charge in [0.15, 0.2) is 11.5 Å². The summed E-state index contributed by atoms with van der Waals surface area (Å²) in [5, 5.41) is 2.13. The number of fused-ring (bicyclic) bond motifs is 1. The average molecular weight is 402 g/mol. The van der Waals surface area contributed by atoms with E-state index in [0.29, 0.717) is 30.5 Å². The second-order valence-electron chi connectivity index (χ2n) is 6.76. The molecule has 1 heterocycles. The van der Waals surface area contributed by atoms with Gasteiger partial charge < -0.3 is 18.9 Å². The van der Waals surface area contributed by atoms with E-state index in [4.69, 9.17) is 18.9 Å². The molecule has 1 aliphatic rings. The van der Waals surface area contributed by atoms with E-state index in [1.54, 1.807) is 32.7 Å². The highest BCUT2D eigenvalue weighted by molar-refractivity contribution is 7.11. The highest BCUT2D eigenvalue weighted by Crippen LogP contribution is 2.39. The van der Waals surface area contributed by atoms with Crippen molar-refractivity contribution in [2.45, 2.75) is 12.1 Å². The second kappa shape index (κ2) is 8.82. The van der Waals surface area contributed by atoms with Gasteiger partial charge in [-0.25, -0.2) is 0 Å². The van der Waals surface area contributed by atoms with E-state index < -0.39 is 0 Å². The first kappa shape index (κ1) is 20.5. The number of thiophene rings is 1. The molecule has 150 valence electrons. The van der Waals surface area contributed by atoms with Crippen molar-refractivity contribution >= 4 is 17.4 Å². The third-order valence-corrected chi connectivity index (χ3v) is 5.89. The summed E-state index contributed by atoms with van der Waals surface area (Å²) in [4.78, 5) is 3.46.